The fraction of sp³-hybridized carbons (Fsp3) is 0.200. The van der Waals surface area contributed by atoms with E-state index in [-0.39, 0.29) is 18.0 Å². The summed E-state index contributed by atoms with van der Waals surface area (Å²) in [5.41, 5.74) is 8.14. The molecule has 1 aliphatic heterocycles. The zero-order valence-electron chi connectivity index (χ0n) is 10.4. The molecule has 0 bridgehead atoms. The molecule has 1 aliphatic rings. The summed E-state index contributed by atoms with van der Waals surface area (Å²) in [5, 5.41) is 0. The van der Waals surface area contributed by atoms with Gasteiger partial charge in [0.05, 0.1) is 0 Å². The van der Waals surface area contributed by atoms with E-state index in [2.05, 4.69) is 31.9 Å². The van der Waals surface area contributed by atoms with E-state index in [4.69, 9.17) is 10.5 Å². The molecule has 0 aromatic heterocycles. The van der Waals surface area contributed by atoms with Crippen molar-refractivity contribution in [2.75, 3.05) is 0 Å². The van der Waals surface area contributed by atoms with E-state index in [1.54, 1.807) is 6.07 Å². The van der Waals surface area contributed by atoms with Crippen LogP contribution in [0.15, 0.2) is 45.3 Å². The predicted molar refractivity (Wildman–Crippen MR) is 83.2 cm³/mol. The molecular formula is C15H12Br2FNO. The molecular weight excluding hydrogens is 389 g/mol. The van der Waals surface area contributed by atoms with Gasteiger partial charge in [-0.25, -0.2) is 4.39 Å². The summed E-state index contributed by atoms with van der Waals surface area (Å²) in [7, 11) is 0. The molecule has 0 amide bonds. The molecule has 0 radical (unpaired) electrons. The highest BCUT2D eigenvalue weighted by Crippen LogP contribution is 2.42. The van der Waals surface area contributed by atoms with E-state index in [1.165, 1.54) is 12.1 Å². The Bertz CT molecular complexity index is 662. The lowest BCUT2D eigenvalue weighted by molar-refractivity contribution is 0.160. The molecule has 20 heavy (non-hydrogen) atoms. The van der Waals surface area contributed by atoms with Crippen LogP contribution in [0.25, 0.3) is 0 Å². The zero-order chi connectivity index (χ0) is 14.3. The van der Waals surface area contributed by atoms with Crippen LogP contribution < -0.4 is 10.5 Å². The van der Waals surface area contributed by atoms with Gasteiger partial charge in [-0.3, -0.25) is 0 Å². The molecule has 0 fully saturated rings. The molecule has 0 saturated carbocycles. The van der Waals surface area contributed by atoms with E-state index in [0.29, 0.717) is 10.9 Å². The molecule has 2 N–H and O–H groups in total. The first-order valence-electron chi connectivity index (χ1n) is 6.21. The number of halogens is 3. The number of hydrogen-bond donors (Lipinski definition) is 1. The third-order valence-electron chi connectivity index (χ3n) is 3.42. The maximum absolute atomic E-state index is 13.2. The highest BCUT2D eigenvalue weighted by atomic mass is 79.9. The molecule has 2 aromatic rings. The minimum absolute atomic E-state index is 0.0989. The smallest absolute Gasteiger partial charge is 0.127 e. The maximum Gasteiger partial charge on any atom is 0.127 e. The van der Waals surface area contributed by atoms with Gasteiger partial charge in [0, 0.05) is 32.5 Å². The van der Waals surface area contributed by atoms with Crippen molar-refractivity contribution in [3.8, 4) is 5.75 Å². The van der Waals surface area contributed by atoms with Crippen LogP contribution in [0.1, 0.15) is 29.7 Å². The molecule has 104 valence electrons. The lowest BCUT2D eigenvalue weighted by Crippen LogP contribution is -2.24. The maximum atomic E-state index is 13.2. The lowest BCUT2D eigenvalue weighted by atomic mass is 9.93. The first-order chi connectivity index (χ1) is 9.54. The average Bonchev–Trinajstić information content (AvgIpc) is 2.39. The molecule has 0 saturated heterocycles. The van der Waals surface area contributed by atoms with Gasteiger partial charge in [-0.05, 0) is 30.3 Å². The van der Waals surface area contributed by atoms with E-state index in [1.807, 2.05) is 18.2 Å². The SMILES string of the molecule is N[C@H]1CC(c2ccc(F)cc2Br)Oc2ccc(Br)cc21. The Morgan fingerprint density at radius 2 is 1.90 bits per heavy atom. The van der Waals surface area contributed by atoms with Gasteiger partial charge in [-0.1, -0.05) is 37.9 Å². The first-order valence-corrected chi connectivity index (χ1v) is 7.80. The van der Waals surface area contributed by atoms with Crippen LogP contribution in [0.5, 0.6) is 5.75 Å². The molecule has 3 rings (SSSR count). The number of nitrogens with two attached hydrogens (primary N) is 1. The summed E-state index contributed by atoms with van der Waals surface area (Å²) < 4.78 is 20.9. The van der Waals surface area contributed by atoms with Crippen LogP contribution >= 0.6 is 31.9 Å². The monoisotopic (exact) mass is 399 g/mol. The second kappa shape index (κ2) is 5.47. The minimum Gasteiger partial charge on any atom is -0.485 e. The van der Waals surface area contributed by atoms with E-state index in [9.17, 15) is 4.39 Å². The van der Waals surface area contributed by atoms with E-state index >= 15 is 0 Å². The summed E-state index contributed by atoms with van der Waals surface area (Å²) >= 11 is 6.82. The average molecular weight is 401 g/mol. The molecule has 1 unspecified atom stereocenters. The Balaban J connectivity index is 1.97. The van der Waals surface area contributed by atoms with Gasteiger partial charge in [-0.15, -0.1) is 0 Å². The van der Waals surface area contributed by atoms with Crippen molar-refractivity contribution in [2.24, 2.45) is 5.73 Å². The second-order valence-corrected chi connectivity index (χ2v) is 6.57. The standard InChI is InChI=1S/C15H12Br2FNO/c16-8-1-4-14-11(5-8)13(19)7-15(20-14)10-3-2-9(18)6-12(10)17/h1-6,13,15H,7,19H2/t13-,15?/m0/s1. The first kappa shape index (κ1) is 14.0. The van der Waals surface area contributed by atoms with Crippen LogP contribution in [0, 0.1) is 5.82 Å². The van der Waals surface area contributed by atoms with Gasteiger partial charge in [0.2, 0.25) is 0 Å². The van der Waals surface area contributed by atoms with E-state index in [0.717, 1.165) is 21.3 Å². The summed E-state index contributed by atoms with van der Waals surface area (Å²) in [4.78, 5) is 0. The van der Waals surface area contributed by atoms with E-state index < -0.39 is 0 Å². The molecule has 2 nitrogen and oxygen atoms in total. The summed E-state index contributed by atoms with van der Waals surface area (Å²) in [6.45, 7) is 0. The van der Waals surface area contributed by atoms with Gasteiger partial charge in [0.25, 0.3) is 0 Å². The van der Waals surface area contributed by atoms with Crippen LogP contribution in [-0.4, -0.2) is 0 Å². The Labute approximate surface area is 133 Å². The predicted octanol–water partition coefficient (Wildman–Crippen LogP) is 4.87. The lowest BCUT2D eigenvalue weighted by Gasteiger charge is -2.31. The number of ether oxygens (including phenoxy) is 1. The fourth-order valence-corrected chi connectivity index (χ4v) is 3.41. The van der Waals surface area contributed by atoms with Gasteiger partial charge in [0.1, 0.15) is 17.7 Å². The minimum atomic E-state index is -0.273. The Kier molecular flexibility index (Phi) is 3.84. The Hall–Kier alpha value is -0.910. The molecule has 1 heterocycles. The van der Waals surface area contributed by atoms with Gasteiger partial charge in [-0.2, -0.15) is 0 Å². The zero-order valence-corrected chi connectivity index (χ0v) is 13.6. The molecule has 2 aromatic carbocycles. The molecule has 0 aliphatic carbocycles. The third-order valence-corrected chi connectivity index (χ3v) is 4.60. The normalized spacial score (nSPS) is 21.2. The second-order valence-electron chi connectivity index (χ2n) is 4.80. The molecule has 0 spiro atoms. The van der Waals surface area contributed by atoms with Gasteiger partial charge < -0.3 is 10.5 Å². The Morgan fingerprint density at radius 3 is 2.65 bits per heavy atom. The largest absolute Gasteiger partial charge is 0.485 e. The topological polar surface area (TPSA) is 35.2 Å². The fourth-order valence-electron chi connectivity index (χ4n) is 2.43. The van der Waals surface area contributed by atoms with Gasteiger partial charge >= 0.3 is 0 Å². The number of hydrogen-bond acceptors (Lipinski definition) is 2. The van der Waals surface area contributed by atoms with Gasteiger partial charge in [0.15, 0.2) is 0 Å². The number of benzene rings is 2. The highest BCUT2D eigenvalue weighted by Gasteiger charge is 2.28. The van der Waals surface area contributed by atoms with Crippen LogP contribution in [-0.2, 0) is 0 Å². The van der Waals surface area contributed by atoms with Crippen LogP contribution in [0.3, 0.4) is 0 Å². The summed E-state index contributed by atoms with van der Waals surface area (Å²) in [5.74, 6) is 0.512. The summed E-state index contributed by atoms with van der Waals surface area (Å²) in [6, 6.07) is 10.3. The van der Waals surface area contributed by atoms with Crippen molar-refractivity contribution >= 4 is 31.9 Å². The van der Waals surface area contributed by atoms with Crippen LogP contribution in [0.2, 0.25) is 0 Å². The van der Waals surface area contributed by atoms with Crippen molar-refractivity contribution in [3.63, 3.8) is 0 Å². The van der Waals surface area contributed by atoms with Crippen molar-refractivity contribution < 1.29 is 9.13 Å². The van der Waals surface area contributed by atoms with Crippen LogP contribution in [0.4, 0.5) is 4.39 Å². The summed E-state index contributed by atoms with van der Waals surface area (Å²) in [6.07, 6.45) is 0.488. The number of rotatable bonds is 1. The van der Waals surface area contributed by atoms with Crippen molar-refractivity contribution in [3.05, 3.63) is 62.3 Å². The molecule has 5 heteroatoms. The van der Waals surface area contributed by atoms with Crippen molar-refractivity contribution in [1.82, 2.24) is 0 Å². The van der Waals surface area contributed by atoms with Crippen molar-refractivity contribution in [2.45, 2.75) is 18.6 Å². The number of fused-ring (bicyclic) bond motifs is 1. The molecule has 2 atom stereocenters. The third kappa shape index (κ3) is 2.62. The Morgan fingerprint density at radius 1 is 1.10 bits per heavy atom. The van der Waals surface area contributed by atoms with Crippen molar-refractivity contribution in [1.29, 1.82) is 0 Å². The quantitative estimate of drug-likeness (QED) is 0.740. The highest BCUT2D eigenvalue weighted by molar-refractivity contribution is 9.10.